The number of ether oxygens (including phenoxy) is 3. The van der Waals surface area contributed by atoms with Gasteiger partial charge < -0.3 is 19.5 Å². The molecule has 184 valence electrons. The molecule has 0 aliphatic carbocycles. The van der Waals surface area contributed by atoms with Gasteiger partial charge in [0.1, 0.15) is 12.4 Å². The van der Waals surface area contributed by atoms with Gasteiger partial charge in [-0.25, -0.2) is 4.39 Å². The third-order valence-electron chi connectivity index (χ3n) is 4.52. The summed E-state index contributed by atoms with van der Waals surface area (Å²) in [5, 5.41) is 2.00. The minimum atomic E-state index is -0.677. The first kappa shape index (κ1) is 26.2. The van der Waals surface area contributed by atoms with E-state index in [1.54, 1.807) is 19.1 Å². The van der Waals surface area contributed by atoms with E-state index in [1.165, 1.54) is 37.5 Å². The van der Waals surface area contributed by atoms with E-state index in [1.807, 2.05) is 0 Å². The molecule has 0 radical (unpaired) electrons. The molecule has 0 aromatic heterocycles. The van der Waals surface area contributed by atoms with Gasteiger partial charge in [-0.15, -0.1) is 0 Å². The first-order chi connectivity index (χ1) is 16.7. The monoisotopic (exact) mass is 566 g/mol. The minimum Gasteiger partial charge on any atom is -0.493 e. The van der Waals surface area contributed by atoms with Gasteiger partial charge in [0.05, 0.1) is 18.6 Å². The number of amides is 3. The molecule has 0 spiro atoms. The van der Waals surface area contributed by atoms with E-state index in [9.17, 15) is 23.6 Å². The largest absolute Gasteiger partial charge is 0.493 e. The smallest absolute Gasteiger partial charge is 0.326 e. The lowest BCUT2D eigenvalue weighted by Gasteiger charge is -2.13. The molecule has 3 rings (SSSR count). The summed E-state index contributed by atoms with van der Waals surface area (Å²) >= 11 is 4.09. The molecule has 1 aliphatic rings. The van der Waals surface area contributed by atoms with Crippen LogP contribution in [0.3, 0.4) is 0 Å². The van der Waals surface area contributed by atoms with Gasteiger partial charge in [0.25, 0.3) is 17.1 Å². The molecule has 1 heterocycles. The molecule has 3 amide bonds. The van der Waals surface area contributed by atoms with Crippen LogP contribution >= 0.6 is 27.7 Å². The molecule has 1 aliphatic heterocycles. The van der Waals surface area contributed by atoms with Crippen molar-refractivity contribution in [1.82, 2.24) is 4.90 Å². The van der Waals surface area contributed by atoms with Crippen molar-refractivity contribution in [2.75, 3.05) is 32.2 Å². The van der Waals surface area contributed by atoms with Gasteiger partial charge in [-0.05, 0) is 66.7 Å². The van der Waals surface area contributed by atoms with Gasteiger partial charge in [-0.1, -0.05) is 15.9 Å². The van der Waals surface area contributed by atoms with Crippen molar-refractivity contribution in [3.05, 3.63) is 57.2 Å². The van der Waals surface area contributed by atoms with E-state index < -0.39 is 35.4 Å². The summed E-state index contributed by atoms with van der Waals surface area (Å²) in [4.78, 5) is 49.6. The van der Waals surface area contributed by atoms with Crippen LogP contribution in [0.2, 0.25) is 0 Å². The lowest BCUT2D eigenvalue weighted by molar-refractivity contribution is -0.146. The van der Waals surface area contributed by atoms with Crippen molar-refractivity contribution in [2.45, 2.75) is 6.92 Å². The minimum absolute atomic E-state index is 0.120. The Morgan fingerprint density at radius 3 is 2.54 bits per heavy atom. The average Bonchev–Trinajstić information content (AvgIpc) is 3.08. The van der Waals surface area contributed by atoms with Gasteiger partial charge >= 0.3 is 5.97 Å². The molecule has 0 unspecified atom stereocenters. The number of hydrogen-bond acceptors (Lipinski definition) is 8. The summed E-state index contributed by atoms with van der Waals surface area (Å²) in [5.74, 6) is -1.65. The maximum atomic E-state index is 13.0. The quantitative estimate of drug-likeness (QED) is 0.355. The zero-order valence-electron chi connectivity index (χ0n) is 18.6. The van der Waals surface area contributed by atoms with E-state index in [2.05, 4.69) is 21.2 Å². The Morgan fingerprint density at radius 2 is 1.89 bits per heavy atom. The standard InChI is InChI=1S/C23H20BrFN2O7S/c1-3-33-21(29)11-27-22(30)19(35-23(27)31)9-13-8-17(32-2)18(10-16(13)24)34-12-20(28)26-15-6-4-14(25)5-7-15/h4-10H,3,11-12H2,1-2H3,(H,26,28)/b19-9+. The molecule has 0 atom stereocenters. The van der Waals surface area contributed by atoms with Crippen LogP contribution in [0, 0.1) is 5.82 Å². The fourth-order valence-electron chi connectivity index (χ4n) is 2.92. The highest BCUT2D eigenvalue weighted by Crippen LogP contribution is 2.38. The zero-order valence-corrected chi connectivity index (χ0v) is 21.0. The number of nitrogens with zero attached hydrogens (tertiary/aromatic N) is 1. The second-order valence-electron chi connectivity index (χ2n) is 6.94. The van der Waals surface area contributed by atoms with E-state index in [4.69, 9.17) is 14.2 Å². The van der Waals surface area contributed by atoms with Crippen LogP contribution in [-0.4, -0.2) is 54.8 Å². The van der Waals surface area contributed by atoms with Gasteiger partial charge in [-0.2, -0.15) is 0 Å². The summed E-state index contributed by atoms with van der Waals surface area (Å²) in [5.41, 5.74) is 0.923. The molecule has 0 bridgehead atoms. The van der Waals surface area contributed by atoms with Crippen LogP contribution in [0.15, 0.2) is 45.8 Å². The van der Waals surface area contributed by atoms with E-state index in [-0.39, 0.29) is 29.6 Å². The number of benzene rings is 2. The Balaban J connectivity index is 1.71. The lowest BCUT2D eigenvalue weighted by Crippen LogP contribution is -2.34. The molecule has 2 aromatic carbocycles. The predicted molar refractivity (Wildman–Crippen MR) is 131 cm³/mol. The van der Waals surface area contributed by atoms with Crippen LogP contribution < -0.4 is 14.8 Å². The topological polar surface area (TPSA) is 111 Å². The molecular weight excluding hydrogens is 547 g/mol. The number of thioether (sulfide) groups is 1. The first-order valence-corrected chi connectivity index (χ1v) is 11.8. The molecule has 35 heavy (non-hydrogen) atoms. The summed E-state index contributed by atoms with van der Waals surface area (Å²) < 4.78 is 29.2. The number of carbonyl (C=O) groups excluding carboxylic acids is 4. The second kappa shape index (κ2) is 11.8. The number of methoxy groups -OCH3 is 1. The Hall–Kier alpha value is -3.38. The maximum Gasteiger partial charge on any atom is 0.326 e. The molecule has 2 aromatic rings. The van der Waals surface area contributed by atoms with Crippen molar-refractivity contribution in [2.24, 2.45) is 0 Å². The van der Waals surface area contributed by atoms with E-state index in [0.29, 0.717) is 27.5 Å². The van der Waals surface area contributed by atoms with Crippen LogP contribution in [0.1, 0.15) is 12.5 Å². The lowest BCUT2D eigenvalue weighted by atomic mass is 10.2. The highest BCUT2D eigenvalue weighted by molar-refractivity contribution is 9.10. The number of anilines is 1. The fraction of sp³-hybridized carbons (Fsp3) is 0.217. The molecular formula is C23H20BrFN2O7S. The van der Waals surface area contributed by atoms with Crippen molar-refractivity contribution in [3.8, 4) is 11.5 Å². The van der Waals surface area contributed by atoms with Crippen molar-refractivity contribution in [3.63, 3.8) is 0 Å². The number of imide groups is 1. The maximum absolute atomic E-state index is 13.0. The van der Waals surface area contributed by atoms with Crippen LogP contribution in [0.4, 0.5) is 14.9 Å². The summed E-state index contributed by atoms with van der Waals surface area (Å²) in [6, 6.07) is 8.41. The molecule has 0 saturated carbocycles. The highest BCUT2D eigenvalue weighted by atomic mass is 79.9. The molecule has 1 fully saturated rings. The third kappa shape index (κ3) is 6.83. The van der Waals surface area contributed by atoms with Gasteiger partial charge in [0, 0.05) is 10.2 Å². The Labute approximate surface area is 212 Å². The SMILES string of the molecule is CCOC(=O)CN1C(=O)S/C(=C/c2cc(OC)c(OCC(=O)Nc3ccc(F)cc3)cc2Br)C1=O. The van der Waals surface area contributed by atoms with Gasteiger partial charge in [0.15, 0.2) is 18.1 Å². The number of nitrogens with one attached hydrogen (secondary N) is 1. The highest BCUT2D eigenvalue weighted by Gasteiger charge is 2.36. The molecule has 12 heteroatoms. The Morgan fingerprint density at radius 1 is 1.17 bits per heavy atom. The normalized spacial score (nSPS) is 14.3. The van der Waals surface area contributed by atoms with E-state index >= 15 is 0 Å². The van der Waals surface area contributed by atoms with Gasteiger partial charge in [0.2, 0.25) is 0 Å². The fourth-order valence-corrected chi connectivity index (χ4v) is 4.19. The number of esters is 1. The number of rotatable bonds is 9. The Bertz CT molecular complexity index is 1190. The van der Waals surface area contributed by atoms with Gasteiger partial charge in [-0.3, -0.25) is 24.1 Å². The van der Waals surface area contributed by atoms with Crippen LogP contribution in [0.5, 0.6) is 11.5 Å². The molecule has 9 nitrogen and oxygen atoms in total. The van der Waals surface area contributed by atoms with E-state index in [0.717, 1.165) is 4.90 Å². The Kier molecular flexibility index (Phi) is 8.88. The summed E-state index contributed by atoms with van der Waals surface area (Å²) in [7, 11) is 1.41. The first-order valence-electron chi connectivity index (χ1n) is 10.2. The van der Waals surface area contributed by atoms with Crippen molar-refractivity contribution < 1.29 is 37.8 Å². The van der Waals surface area contributed by atoms with Crippen LogP contribution in [0.25, 0.3) is 6.08 Å². The predicted octanol–water partition coefficient (Wildman–Crippen LogP) is 4.21. The molecule has 1 saturated heterocycles. The number of carbonyl (C=O) groups is 4. The van der Waals surface area contributed by atoms with Crippen molar-refractivity contribution in [1.29, 1.82) is 0 Å². The molecule has 1 N–H and O–H groups in total. The van der Waals surface area contributed by atoms with Crippen molar-refractivity contribution >= 4 is 62.5 Å². The zero-order chi connectivity index (χ0) is 25.5. The van der Waals surface area contributed by atoms with Crippen LogP contribution in [-0.2, 0) is 19.1 Å². The number of halogens is 2. The summed E-state index contributed by atoms with van der Waals surface area (Å²) in [6.07, 6.45) is 1.48. The summed E-state index contributed by atoms with van der Waals surface area (Å²) in [6.45, 7) is 0.960. The second-order valence-corrected chi connectivity index (χ2v) is 8.79. The average molecular weight is 567 g/mol. The number of hydrogen-bond donors (Lipinski definition) is 1. The third-order valence-corrected chi connectivity index (χ3v) is 6.12.